The Labute approximate surface area is 181 Å². The van der Waals surface area contributed by atoms with Crippen molar-refractivity contribution >= 4 is 27.3 Å². The van der Waals surface area contributed by atoms with Gasteiger partial charge >= 0.3 is 0 Å². The van der Waals surface area contributed by atoms with Crippen molar-refractivity contribution in [3.63, 3.8) is 0 Å². The van der Waals surface area contributed by atoms with E-state index in [2.05, 4.69) is 10.5 Å². The van der Waals surface area contributed by atoms with Gasteiger partial charge in [0.1, 0.15) is 12.4 Å². The van der Waals surface area contributed by atoms with Gasteiger partial charge in [-0.2, -0.15) is 5.10 Å². The average molecular weight is 440 g/mol. The van der Waals surface area contributed by atoms with Crippen LogP contribution in [0.15, 0.2) is 88.9 Å². The molecule has 3 aromatic carbocycles. The number of benzene rings is 3. The van der Waals surface area contributed by atoms with Gasteiger partial charge < -0.3 is 0 Å². The van der Waals surface area contributed by atoms with Gasteiger partial charge in [-0.05, 0) is 55.8 Å². The van der Waals surface area contributed by atoms with Crippen LogP contribution in [0.3, 0.4) is 0 Å². The fraction of sp³-hybridized carbons (Fsp3) is 0.130. The number of carbonyl (C=O) groups excluding carboxylic acids is 1. The first-order valence-electron chi connectivity index (χ1n) is 9.51. The molecule has 31 heavy (non-hydrogen) atoms. The summed E-state index contributed by atoms with van der Waals surface area (Å²) in [4.78, 5) is 12.6. The normalized spacial score (nSPS) is 11.8. The van der Waals surface area contributed by atoms with E-state index in [9.17, 15) is 17.6 Å². The lowest BCUT2D eigenvalue weighted by Crippen LogP contribution is -2.39. The number of amides is 1. The number of carbonyl (C=O) groups is 1. The zero-order valence-corrected chi connectivity index (χ0v) is 17.9. The molecule has 0 radical (unpaired) electrons. The summed E-state index contributed by atoms with van der Waals surface area (Å²) in [5.74, 6) is -0.985. The second-order valence-electron chi connectivity index (χ2n) is 6.90. The van der Waals surface area contributed by atoms with E-state index in [1.54, 1.807) is 61.5 Å². The summed E-state index contributed by atoms with van der Waals surface area (Å²) in [7, 11) is -3.98. The summed E-state index contributed by atoms with van der Waals surface area (Å²) >= 11 is 0. The predicted octanol–water partition coefficient (Wildman–Crippen LogP) is 3.87. The van der Waals surface area contributed by atoms with Gasteiger partial charge in [0.2, 0.25) is 0 Å². The number of aryl methyl sites for hydroxylation is 1. The Morgan fingerprint density at radius 1 is 0.968 bits per heavy atom. The number of hydrogen-bond acceptors (Lipinski definition) is 4. The molecule has 0 saturated heterocycles. The molecule has 0 fully saturated rings. The zero-order valence-electron chi connectivity index (χ0n) is 17.1. The number of sulfonamides is 1. The maximum Gasteiger partial charge on any atom is 0.264 e. The summed E-state index contributed by atoms with van der Waals surface area (Å²) in [6.45, 7) is 3.06. The van der Waals surface area contributed by atoms with E-state index >= 15 is 0 Å². The fourth-order valence-electron chi connectivity index (χ4n) is 2.81. The molecule has 0 heterocycles. The maximum absolute atomic E-state index is 13.2. The molecule has 3 rings (SSSR count). The third-order valence-corrected chi connectivity index (χ3v) is 6.34. The van der Waals surface area contributed by atoms with Gasteiger partial charge in [0.25, 0.3) is 15.9 Å². The molecule has 1 amide bonds. The third kappa shape index (κ3) is 5.55. The summed E-state index contributed by atoms with van der Waals surface area (Å²) in [5, 5.41) is 4.01. The molecule has 0 spiro atoms. The molecule has 0 unspecified atom stereocenters. The van der Waals surface area contributed by atoms with Crippen LogP contribution < -0.4 is 9.73 Å². The molecule has 0 aliphatic carbocycles. The lowest BCUT2D eigenvalue weighted by Gasteiger charge is -2.23. The minimum absolute atomic E-state index is 0.0840. The van der Waals surface area contributed by atoms with Crippen LogP contribution in [0.1, 0.15) is 18.1 Å². The SMILES string of the molecule is C/C(=N/NC(=O)CN(c1ccccc1)S(=O)(=O)c1ccc(C)cc1)c1ccc(F)cc1. The molecule has 160 valence electrons. The van der Waals surface area contributed by atoms with Crippen molar-refractivity contribution in [3.05, 3.63) is 95.8 Å². The molecule has 0 aliphatic rings. The van der Waals surface area contributed by atoms with Crippen LogP contribution in [-0.2, 0) is 14.8 Å². The van der Waals surface area contributed by atoms with E-state index in [1.807, 2.05) is 6.92 Å². The summed E-state index contributed by atoms with van der Waals surface area (Å²) in [5.41, 5.74) is 4.75. The van der Waals surface area contributed by atoms with Crippen LogP contribution in [0.5, 0.6) is 0 Å². The Hall–Kier alpha value is -3.52. The molecule has 0 bridgehead atoms. The number of nitrogens with one attached hydrogen (secondary N) is 1. The maximum atomic E-state index is 13.2. The minimum Gasteiger partial charge on any atom is -0.271 e. The van der Waals surface area contributed by atoms with Crippen molar-refractivity contribution in [2.24, 2.45) is 5.10 Å². The number of hydrazone groups is 1. The molecular formula is C23H22FN3O3S. The smallest absolute Gasteiger partial charge is 0.264 e. The van der Waals surface area contributed by atoms with Crippen LogP contribution in [0.2, 0.25) is 0 Å². The van der Waals surface area contributed by atoms with Crippen molar-refractivity contribution in [2.75, 3.05) is 10.8 Å². The van der Waals surface area contributed by atoms with Gasteiger partial charge in [-0.1, -0.05) is 48.0 Å². The standard InChI is InChI=1S/C23H22FN3O3S/c1-17-8-14-22(15-9-17)31(29,30)27(21-6-4-3-5-7-21)16-23(28)26-25-18(2)19-10-12-20(24)13-11-19/h3-15H,16H2,1-2H3,(H,26,28)/b25-18-. The van der Waals surface area contributed by atoms with Crippen LogP contribution in [0.4, 0.5) is 10.1 Å². The topological polar surface area (TPSA) is 78.8 Å². The Morgan fingerprint density at radius 2 is 1.58 bits per heavy atom. The Morgan fingerprint density at radius 3 is 2.19 bits per heavy atom. The summed E-state index contributed by atoms with van der Waals surface area (Å²) in [6.07, 6.45) is 0. The molecule has 0 saturated carbocycles. The minimum atomic E-state index is -3.98. The number of hydrogen-bond donors (Lipinski definition) is 1. The van der Waals surface area contributed by atoms with Crippen LogP contribution in [0, 0.1) is 12.7 Å². The molecule has 0 aromatic heterocycles. The molecule has 8 heteroatoms. The Balaban J connectivity index is 1.83. The molecule has 6 nitrogen and oxygen atoms in total. The average Bonchev–Trinajstić information content (AvgIpc) is 2.77. The monoisotopic (exact) mass is 439 g/mol. The quantitative estimate of drug-likeness (QED) is 0.448. The highest BCUT2D eigenvalue weighted by atomic mass is 32.2. The Kier molecular flexibility index (Phi) is 6.81. The molecule has 0 atom stereocenters. The first-order valence-corrected chi connectivity index (χ1v) is 10.9. The van der Waals surface area contributed by atoms with Crippen LogP contribution in [0.25, 0.3) is 0 Å². The second kappa shape index (κ2) is 9.53. The lowest BCUT2D eigenvalue weighted by atomic mass is 10.1. The van der Waals surface area contributed by atoms with Crippen molar-refractivity contribution in [1.82, 2.24) is 5.43 Å². The van der Waals surface area contributed by atoms with E-state index in [1.165, 1.54) is 24.3 Å². The third-order valence-electron chi connectivity index (χ3n) is 4.55. The number of halogens is 1. The van der Waals surface area contributed by atoms with Gasteiger partial charge in [-0.25, -0.2) is 18.2 Å². The van der Waals surface area contributed by atoms with Gasteiger partial charge in [0, 0.05) is 0 Å². The largest absolute Gasteiger partial charge is 0.271 e. The van der Waals surface area contributed by atoms with Gasteiger partial charge in [-0.15, -0.1) is 0 Å². The van der Waals surface area contributed by atoms with E-state index in [0.29, 0.717) is 17.0 Å². The first-order chi connectivity index (χ1) is 14.8. The fourth-order valence-corrected chi connectivity index (χ4v) is 4.24. The number of nitrogens with zero attached hydrogens (tertiary/aromatic N) is 2. The predicted molar refractivity (Wildman–Crippen MR) is 119 cm³/mol. The van der Waals surface area contributed by atoms with Gasteiger partial charge in [-0.3, -0.25) is 9.10 Å². The highest BCUT2D eigenvalue weighted by molar-refractivity contribution is 7.92. The Bertz CT molecular complexity index is 1180. The number of para-hydroxylation sites is 1. The molecule has 3 aromatic rings. The van der Waals surface area contributed by atoms with Crippen molar-refractivity contribution in [2.45, 2.75) is 18.7 Å². The van der Waals surface area contributed by atoms with Crippen LogP contribution >= 0.6 is 0 Å². The molecular weight excluding hydrogens is 417 g/mol. The van der Waals surface area contributed by atoms with Gasteiger partial charge in [0.05, 0.1) is 16.3 Å². The van der Waals surface area contributed by atoms with E-state index in [4.69, 9.17) is 0 Å². The lowest BCUT2D eigenvalue weighted by molar-refractivity contribution is -0.119. The highest BCUT2D eigenvalue weighted by Gasteiger charge is 2.27. The van der Waals surface area contributed by atoms with E-state index in [-0.39, 0.29) is 10.7 Å². The zero-order chi connectivity index (χ0) is 22.4. The number of rotatable bonds is 7. The molecule has 0 aliphatic heterocycles. The van der Waals surface area contributed by atoms with Crippen molar-refractivity contribution in [3.8, 4) is 0 Å². The van der Waals surface area contributed by atoms with Crippen LogP contribution in [-0.4, -0.2) is 26.6 Å². The van der Waals surface area contributed by atoms with Gasteiger partial charge in [0.15, 0.2) is 0 Å². The van der Waals surface area contributed by atoms with Crippen molar-refractivity contribution < 1.29 is 17.6 Å². The van der Waals surface area contributed by atoms with E-state index < -0.39 is 22.5 Å². The van der Waals surface area contributed by atoms with E-state index in [0.717, 1.165) is 9.87 Å². The van der Waals surface area contributed by atoms with Crippen molar-refractivity contribution in [1.29, 1.82) is 0 Å². The molecule has 1 N–H and O–H groups in total. The first kappa shape index (κ1) is 22.2. The number of anilines is 1. The second-order valence-corrected chi connectivity index (χ2v) is 8.76. The summed E-state index contributed by atoms with van der Waals surface area (Å²) < 4.78 is 40.6. The highest BCUT2D eigenvalue weighted by Crippen LogP contribution is 2.23. The summed E-state index contributed by atoms with van der Waals surface area (Å²) in [6, 6.07) is 20.5.